The van der Waals surface area contributed by atoms with Crippen molar-refractivity contribution in [1.29, 1.82) is 0 Å². The van der Waals surface area contributed by atoms with Gasteiger partial charge in [0.15, 0.2) is 0 Å². The van der Waals surface area contributed by atoms with E-state index in [2.05, 4.69) is 10.6 Å². The summed E-state index contributed by atoms with van der Waals surface area (Å²) < 4.78 is 5.32. The maximum atomic E-state index is 11.8. The van der Waals surface area contributed by atoms with E-state index in [-0.39, 0.29) is 12.5 Å². The van der Waals surface area contributed by atoms with Crippen LogP contribution >= 0.6 is 11.6 Å². The van der Waals surface area contributed by atoms with Crippen molar-refractivity contribution in [2.75, 3.05) is 26.2 Å². The molecule has 5 nitrogen and oxygen atoms in total. The van der Waals surface area contributed by atoms with Gasteiger partial charge in [0.2, 0.25) is 0 Å². The molecule has 2 atom stereocenters. The van der Waals surface area contributed by atoms with E-state index in [0.717, 1.165) is 6.54 Å². The number of hydrogen-bond acceptors (Lipinski definition) is 4. The van der Waals surface area contributed by atoms with Gasteiger partial charge < -0.3 is 20.5 Å². The van der Waals surface area contributed by atoms with Crippen molar-refractivity contribution in [3.05, 3.63) is 34.9 Å². The zero-order chi connectivity index (χ0) is 13.7. The molecule has 6 heteroatoms. The molecule has 1 aromatic rings. The third-order valence-corrected chi connectivity index (χ3v) is 3.30. The molecule has 1 aliphatic heterocycles. The molecule has 0 spiro atoms. The van der Waals surface area contributed by atoms with E-state index < -0.39 is 12.2 Å². The average Bonchev–Trinajstić information content (AvgIpc) is 2.46. The minimum atomic E-state index is -0.825. The maximum absolute atomic E-state index is 11.8. The van der Waals surface area contributed by atoms with E-state index in [9.17, 15) is 9.90 Å². The lowest BCUT2D eigenvalue weighted by atomic mass is 10.1. The smallest absolute Gasteiger partial charge is 0.250 e. The lowest BCUT2D eigenvalue weighted by Gasteiger charge is -2.23. The number of halogens is 1. The molecular formula is C13H17ClN2O3. The normalized spacial score (nSPS) is 20.8. The highest BCUT2D eigenvalue weighted by atomic mass is 35.5. The van der Waals surface area contributed by atoms with Gasteiger partial charge in [-0.2, -0.15) is 0 Å². The fraction of sp³-hybridized carbons (Fsp3) is 0.462. The maximum Gasteiger partial charge on any atom is 0.250 e. The summed E-state index contributed by atoms with van der Waals surface area (Å²) >= 11 is 5.98. The lowest BCUT2D eigenvalue weighted by molar-refractivity contribution is -0.134. The average molecular weight is 285 g/mol. The molecule has 0 saturated carbocycles. The van der Waals surface area contributed by atoms with Gasteiger partial charge in [0.05, 0.1) is 12.7 Å². The Balaban J connectivity index is 1.84. The van der Waals surface area contributed by atoms with Crippen molar-refractivity contribution in [3.8, 4) is 0 Å². The predicted molar refractivity (Wildman–Crippen MR) is 72.0 cm³/mol. The molecule has 104 valence electrons. The number of aliphatic hydroxyl groups is 1. The first-order valence-corrected chi connectivity index (χ1v) is 6.59. The van der Waals surface area contributed by atoms with Crippen molar-refractivity contribution in [1.82, 2.24) is 10.6 Å². The van der Waals surface area contributed by atoms with E-state index >= 15 is 0 Å². The first kappa shape index (κ1) is 14.3. The molecule has 0 unspecified atom stereocenters. The summed E-state index contributed by atoms with van der Waals surface area (Å²) in [5.74, 6) is -0.224. The van der Waals surface area contributed by atoms with E-state index in [4.69, 9.17) is 16.3 Å². The van der Waals surface area contributed by atoms with Gasteiger partial charge in [-0.25, -0.2) is 0 Å². The molecule has 1 fully saturated rings. The first-order valence-electron chi connectivity index (χ1n) is 6.21. The molecule has 0 aromatic heterocycles. The van der Waals surface area contributed by atoms with Crippen LogP contribution < -0.4 is 10.6 Å². The molecule has 1 amide bonds. The number of morpholine rings is 1. The summed E-state index contributed by atoms with van der Waals surface area (Å²) in [7, 11) is 0. The van der Waals surface area contributed by atoms with Crippen LogP contribution in [0.15, 0.2) is 24.3 Å². The van der Waals surface area contributed by atoms with Crippen molar-refractivity contribution >= 4 is 17.5 Å². The largest absolute Gasteiger partial charge is 0.387 e. The number of carbonyl (C=O) groups excluding carboxylic acids is 1. The van der Waals surface area contributed by atoms with Gasteiger partial charge in [-0.1, -0.05) is 29.8 Å². The summed E-state index contributed by atoms with van der Waals surface area (Å²) in [5.41, 5.74) is 0.604. The second-order valence-corrected chi connectivity index (χ2v) is 4.75. The Morgan fingerprint density at radius 1 is 1.58 bits per heavy atom. The van der Waals surface area contributed by atoms with Crippen LogP contribution in [-0.2, 0) is 9.53 Å². The van der Waals surface area contributed by atoms with Crippen molar-refractivity contribution in [2.24, 2.45) is 0 Å². The van der Waals surface area contributed by atoms with Gasteiger partial charge >= 0.3 is 0 Å². The highest BCUT2D eigenvalue weighted by Gasteiger charge is 2.22. The summed E-state index contributed by atoms with van der Waals surface area (Å²) in [6, 6.07) is 7.02. The number of nitrogens with one attached hydrogen (secondary N) is 2. The van der Waals surface area contributed by atoms with Crippen LogP contribution in [0.5, 0.6) is 0 Å². The molecule has 0 bridgehead atoms. The predicted octanol–water partition coefficient (Wildman–Crippen LogP) is 0.478. The van der Waals surface area contributed by atoms with Crippen molar-refractivity contribution in [2.45, 2.75) is 12.2 Å². The molecule has 1 aliphatic rings. The van der Waals surface area contributed by atoms with Crippen LogP contribution in [0.2, 0.25) is 5.02 Å². The zero-order valence-electron chi connectivity index (χ0n) is 10.4. The number of ether oxygens (including phenoxy) is 1. The van der Waals surface area contributed by atoms with Crippen LogP contribution in [0, 0.1) is 0 Å². The molecule has 19 heavy (non-hydrogen) atoms. The highest BCUT2D eigenvalue weighted by Crippen LogP contribution is 2.21. The van der Waals surface area contributed by atoms with E-state index in [1.807, 2.05) is 0 Å². The summed E-state index contributed by atoms with van der Waals surface area (Å²) in [6.45, 7) is 1.88. The molecule has 3 N–H and O–H groups in total. The lowest BCUT2D eigenvalue weighted by Crippen LogP contribution is -2.48. The zero-order valence-corrected chi connectivity index (χ0v) is 11.2. The Kier molecular flexibility index (Phi) is 5.15. The van der Waals surface area contributed by atoms with Crippen molar-refractivity contribution in [3.63, 3.8) is 0 Å². The van der Waals surface area contributed by atoms with Gasteiger partial charge in [0.1, 0.15) is 6.10 Å². The Labute approximate surface area is 116 Å². The summed E-state index contributed by atoms with van der Waals surface area (Å²) in [5, 5.41) is 16.2. The van der Waals surface area contributed by atoms with Crippen LogP contribution in [0.4, 0.5) is 0 Å². The van der Waals surface area contributed by atoms with Gasteiger partial charge in [-0.05, 0) is 6.07 Å². The highest BCUT2D eigenvalue weighted by molar-refractivity contribution is 6.31. The Morgan fingerprint density at radius 2 is 2.37 bits per heavy atom. The molecule has 0 radical (unpaired) electrons. The second kappa shape index (κ2) is 6.86. The van der Waals surface area contributed by atoms with Gasteiger partial charge in [0.25, 0.3) is 5.91 Å². The molecular weight excluding hydrogens is 268 g/mol. The number of rotatable bonds is 4. The molecule has 1 heterocycles. The number of benzene rings is 1. The Morgan fingerprint density at radius 3 is 3.05 bits per heavy atom. The van der Waals surface area contributed by atoms with Crippen LogP contribution in [0.3, 0.4) is 0 Å². The van der Waals surface area contributed by atoms with Gasteiger partial charge in [-0.15, -0.1) is 0 Å². The SMILES string of the molecule is O=C(NC[C@@H](O)c1ccccc1Cl)[C@H]1CNCCO1. The van der Waals surface area contributed by atoms with E-state index in [0.29, 0.717) is 23.7 Å². The van der Waals surface area contributed by atoms with Gasteiger partial charge in [0, 0.05) is 30.2 Å². The minimum Gasteiger partial charge on any atom is -0.387 e. The minimum absolute atomic E-state index is 0.114. The molecule has 1 saturated heterocycles. The first-order chi connectivity index (χ1) is 9.18. The molecule has 1 aromatic carbocycles. The number of hydrogen-bond donors (Lipinski definition) is 3. The van der Waals surface area contributed by atoms with E-state index in [1.54, 1.807) is 24.3 Å². The fourth-order valence-electron chi connectivity index (χ4n) is 1.90. The van der Waals surface area contributed by atoms with Crippen LogP contribution in [0.25, 0.3) is 0 Å². The van der Waals surface area contributed by atoms with Crippen LogP contribution in [0.1, 0.15) is 11.7 Å². The summed E-state index contributed by atoms with van der Waals surface area (Å²) in [6.07, 6.45) is -1.32. The third kappa shape index (κ3) is 3.91. The van der Waals surface area contributed by atoms with E-state index in [1.165, 1.54) is 0 Å². The monoisotopic (exact) mass is 284 g/mol. The second-order valence-electron chi connectivity index (χ2n) is 4.35. The summed E-state index contributed by atoms with van der Waals surface area (Å²) in [4.78, 5) is 11.8. The fourth-order valence-corrected chi connectivity index (χ4v) is 2.16. The topological polar surface area (TPSA) is 70.6 Å². The standard InChI is InChI=1S/C13H17ClN2O3/c14-10-4-2-1-3-9(10)11(17)7-16-13(18)12-8-15-5-6-19-12/h1-4,11-12,15,17H,5-8H2,(H,16,18)/t11-,12-/m1/s1. The quantitative estimate of drug-likeness (QED) is 0.752. The number of aliphatic hydroxyl groups excluding tert-OH is 1. The number of amides is 1. The third-order valence-electron chi connectivity index (χ3n) is 2.95. The van der Waals surface area contributed by atoms with Crippen LogP contribution in [-0.4, -0.2) is 43.4 Å². The molecule has 0 aliphatic carbocycles. The molecule has 2 rings (SSSR count). The van der Waals surface area contributed by atoms with Gasteiger partial charge in [-0.3, -0.25) is 4.79 Å². The number of carbonyl (C=O) groups is 1. The Bertz CT molecular complexity index is 436. The Hall–Kier alpha value is -1.14. The van der Waals surface area contributed by atoms with Crippen molar-refractivity contribution < 1.29 is 14.6 Å².